The Morgan fingerprint density at radius 1 is 0.931 bits per heavy atom. The lowest BCUT2D eigenvalue weighted by molar-refractivity contribution is -0.148. The minimum Gasteiger partial charge on any atom is -0.338 e. The van der Waals surface area contributed by atoms with E-state index in [2.05, 4.69) is 20.3 Å². The third-order valence-electron chi connectivity index (χ3n) is 4.38. The molecule has 13 heteroatoms. The van der Waals surface area contributed by atoms with Gasteiger partial charge < -0.3 is 9.09 Å². The topological polar surface area (TPSA) is 72.9 Å². The number of alkyl halides is 6. The summed E-state index contributed by atoms with van der Waals surface area (Å²) in [6.07, 6.45) is -9.02. The van der Waals surface area contributed by atoms with Gasteiger partial charge in [-0.1, -0.05) is 17.3 Å². The van der Waals surface area contributed by atoms with Crippen LogP contribution in [-0.2, 0) is 32.0 Å². The molecule has 1 aliphatic rings. The van der Waals surface area contributed by atoms with Gasteiger partial charge in [0, 0.05) is 18.7 Å². The Morgan fingerprint density at radius 3 is 2.31 bits per heavy atom. The van der Waals surface area contributed by atoms with E-state index in [1.807, 2.05) is 0 Å². The summed E-state index contributed by atoms with van der Waals surface area (Å²) in [5.41, 5.74) is -0.443. The van der Waals surface area contributed by atoms with Crippen LogP contribution in [0.2, 0.25) is 0 Å². The molecule has 0 unspecified atom stereocenters. The van der Waals surface area contributed by atoms with Crippen molar-refractivity contribution in [1.29, 1.82) is 0 Å². The first-order valence-corrected chi connectivity index (χ1v) is 8.33. The zero-order valence-corrected chi connectivity index (χ0v) is 14.5. The van der Waals surface area contributed by atoms with E-state index < -0.39 is 23.7 Å². The van der Waals surface area contributed by atoms with Crippen LogP contribution in [0, 0.1) is 0 Å². The molecule has 1 aromatic carbocycles. The summed E-state index contributed by atoms with van der Waals surface area (Å²) in [5, 5.41) is 10.5. The molecule has 7 nitrogen and oxygen atoms in total. The van der Waals surface area contributed by atoms with Gasteiger partial charge in [0.25, 0.3) is 0 Å². The van der Waals surface area contributed by atoms with Gasteiger partial charge in [0.2, 0.25) is 17.5 Å². The standard InChI is InChI=1S/C16H12F6N6O/c17-15(18,19)10-3-1-9(2-4-10)13-23-12(29-26-13)8-27-5-6-28-11(7-27)24-25-14(28)16(20,21)22/h1-4H,5-8H2. The Bertz CT molecular complexity index is 1010. The van der Waals surface area contributed by atoms with Crippen LogP contribution in [0.5, 0.6) is 0 Å². The molecule has 0 saturated heterocycles. The summed E-state index contributed by atoms with van der Waals surface area (Å²) in [4.78, 5) is 5.90. The Morgan fingerprint density at radius 2 is 1.66 bits per heavy atom. The van der Waals surface area contributed by atoms with Crippen molar-refractivity contribution in [2.45, 2.75) is 32.0 Å². The van der Waals surface area contributed by atoms with Crippen LogP contribution >= 0.6 is 0 Å². The molecule has 154 valence electrons. The maximum Gasteiger partial charge on any atom is 0.451 e. The van der Waals surface area contributed by atoms with Crippen LogP contribution in [0.4, 0.5) is 26.3 Å². The second-order valence-electron chi connectivity index (χ2n) is 6.39. The first kappa shape index (κ1) is 19.4. The monoisotopic (exact) mass is 418 g/mol. The molecule has 1 aliphatic heterocycles. The predicted molar refractivity (Wildman–Crippen MR) is 83.9 cm³/mol. The number of fused-ring (bicyclic) bond motifs is 1. The third-order valence-corrected chi connectivity index (χ3v) is 4.38. The molecular formula is C16H12F6N6O. The van der Waals surface area contributed by atoms with Crippen molar-refractivity contribution in [3.63, 3.8) is 0 Å². The molecule has 0 bridgehead atoms. The van der Waals surface area contributed by atoms with E-state index in [0.717, 1.165) is 16.7 Å². The van der Waals surface area contributed by atoms with Crippen LogP contribution in [0.3, 0.4) is 0 Å². The third kappa shape index (κ3) is 3.95. The maximum atomic E-state index is 12.9. The molecule has 0 saturated carbocycles. The van der Waals surface area contributed by atoms with Crippen LogP contribution < -0.4 is 0 Å². The number of aromatic nitrogens is 5. The normalized spacial score (nSPS) is 15.5. The van der Waals surface area contributed by atoms with Crippen molar-refractivity contribution in [1.82, 2.24) is 29.8 Å². The Labute approximate surface area is 158 Å². The van der Waals surface area contributed by atoms with Crippen LogP contribution in [-0.4, -0.2) is 36.3 Å². The SMILES string of the molecule is FC(F)(F)c1ccc(-c2noc(CN3CCn4c(nnc4C(F)(F)F)C3)n2)cc1. The van der Waals surface area contributed by atoms with Crippen molar-refractivity contribution < 1.29 is 30.9 Å². The molecule has 0 spiro atoms. The highest BCUT2D eigenvalue weighted by Crippen LogP contribution is 2.31. The second kappa shape index (κ2) is 6.83. The number of hydrogen-bond acceptors (Lipinski definition) is 6. The van der Waals surface area contributed by atoms with Gasteiger partial charge in [0.05, 0.1) is 18.7 Å². The Hall–Kier alpha value is -2.96. The average Bonchev–Trinajstić information content (AvgIpc) is 3.27. The molecule has 4 rings (SSSR count). The maximum absolute atomic E-state index is 12.9. The van der Waals surface area contributed by atoms with Gasteiger partial charge in [0.1, 0.15) is 5.82 Å². The smallest absolute Gasteiger partial charge is 0.338 e. The second-order valence-corrected chi connectivity index (χ2v) is 6.39. The molecule has 29 heavy (non-hydrogen) atoms. The van der Waals surface area contributed by atoms with Crippen molar-refractivity contribution in [2.24, 2.45) is 0 Å². The molecule has 0 amide bonds. The summed E-state index contributed by atoms with van der Waals surface area (Å²) in [5.74, 6) is -0.558. The fourth-order valence-electron chi connectivity index (χ4n) is 2.99. The van der Waals surface area contributed by atoms with E-state index in [4.69, 9.17) is 4.52 Å². The molecule has 0 N–H and O–H groups in total. The van der Waals surface area contributed by atoms with E-state index in [1.54, 1.807) is 4.90 Å². The largest absolute Gasteiger partial charge is 0.451 e. The number of nitrogens with zero attached hydrogens (tertiary/aromatic N) is 6. The first-order chi connectivity index (χ1) is 13.6. The first-order valence-electron chi connectivity index (χ1n) is 8.33. The van der Waals surface area contributed by atoms with Crippen LogP contribution in [0.1, 0.15) is 23.1 Å². The highest BCUT2D eigenvalue weighted by molar-refractivity contribution is 5.54. The molecule has 0 atom stereocenters. The Balaban J connectivity index is 1.44. The van der Waals surface area contributed by atoms with Crippen molar-refractivity contribution >= 4 is 0 Å². The summed E-state index contributed by atoms with van der Waals surface area (Å²) >= 11 is 0. The molecule has 0 fully saturated rings. The zero-order valence-electron chi connectivity index (χ0n) is 14.5. The highest BCUT2D eigenvalue weighted by Gasteiger charge is 2.39. The lowest BCUT2D eigenvalue weighted by Crippen LogP contribution is -2.35. The van der Waals surface area contributed by atoms with Gasteiger partial charge in [-0.25, -0.2) is 0 Å². The van der Waals surface area contributed by atoms with Crippen LogP contribution in [0.25, 0.3) is 11.4 Å². The van der Waals surface area contributed by atoms with E-state index in [1.165, 1.54) is 12.1 Å². The lowest BCUT2D eigenvalue weighted by atomic mass is 10.1. The quantitative estimate of drug-likeness (QED) is 0.608. The summed E-state index contributed by atoms with van der Waals surface area (Å²) in [7, 11) is 0. The number of rotatable bonds is 3. The van der Waals surface area contributed by atoms with E-state index in [9.17, 15) is 26.3 Å². The minimum absolute atomic E-state index is 0.0527. The Kier molecular flexibility index (Phi) is 4.56. The van der Waals surface area contributed by atoms with Crippen molar-refractivity contribution in [2.75, 3.05) is 6.54 Å². The molecule has 0 radical (unpaired) electrons. The molecule has 3 heterocycles. The fraction of sp³-hybridized carbons (Fsp3) is 0.375. The van der Waals surface area contributed by atoms with Crippen molar-refractivity contribution in [3.8, 4) is 11.4 Å². The van der Waals surface area contributed by atoms with Gasteiger partial charge in [0.15, 0.2) is 0 Å². The highest BCUT2D eigenvalue weighted by atomic mass is 19.4. The fourth-order valence-corrected chi connectivity index (χ4v) is 2.99. The number of halogens is 6. The lowest BCUT2D eigenvalue weighted by Gasteiger charge is -2.26. The number of benzene rings is 1. The van der Waals surface area contributed by atoms with Crippen molar-refractivity contribution in [3.05, 3.63) is 47.4 Å². The predicted octanol–water partition coefficient (Wildman–Crippen LogP) is 3.38. The summed E-state index contributed by atoms with van der Waals surface area (Å²) in [6.45, 7) is 0.603. The van der Waals surface area contributed by atoms with E-state index in [0.29, 0.717) is 5.56 Å². The minimum atomic E-state index is -4.57. The molecule has 3 aromatic rings. The number of hydrogen-bond donors (Lipinski definition) is 0. The molecule has 0 aliphatic carbocycles. The van der Waals surface area contributed by atoms with Gasteiger partial charge >= 0.3 is 12.4 Å². The average molecular weight is 418 g/mol. The van der Waals surface area contributed by atoms with E-state index >= 15 is 0 Å². The zero-order chi connectivity index (χ0) is 20.8. The molecular weight excluding hydrogens is 406 g/mol. The van der Waals surface area contributed by atoms with Gasteiger partial charge in [-0.05, 0) is 12.1 Å². The summed E-state index contributed by atoms with van der Waals surface area (Å²) < 4.78 is 82.7. The van der Waals surface area contributed by atoms with Gasteiger partial charge in [-0.3, -0.25) is 4.90 Å². The van der Waals surface area contributed by atoms with Gasteiger partial charge in [-0.2, -0.15) is 31.3 Å². The van der Waals surface area contributed by atoms with Gasteiger partial charge in [-0.15, -0.1) is 10.2 Å². The van der Waals surface area contributed by atoms with E-state index in [-0.39, 0.29) is 43.7 Å². The summed E-state index contributed by atoms with van der Waals surface area (Å²) in [6, 6.07) is 4.31. The molecule has 2 aromatic heterocycles. The van der Waals surface area contributed by atoms with Crippen LogP contribution in [0.15, 0.2) is 28.8 Å².